The summed E-state index contributed by atoms with van der Waals surface area (Å²) in [5, 5.41) is 21.6. The van der Waals surface area contributed by atoms with E-state index in [1.54, 1.807) is 0 Å². The van der Waals surface area contributed by atoms with Crippen LogP contribution in [-0.4, -0.2) is 49.3 Å². The second-order valence-corrected chi connectivity index (χ2v) is 4.96. The predicted molar refractivity (Wildman–Crippen MR) is 66.0 cm³/mol. The lowest BCUT2D eigenvalue weighted by Crippen LogP contribution is -2.38. The Labute approximate surface area is 99.3 Å². The quantitative estimate of drug-likeness (QED) is 0.640. The molecule has 0 amide bonds. The first-order chi connectivity index (χ1) is 7.45. The molecule has 0 aliphatic carbocycles. The maximum atomic E-state index is 9.73. The Morgan fingerprint density at radius 1 is 1.25 bits per heavy atom. The van der Waals surface area contributed by atoms with Gasteiger partial charge in [-0.05, 0) is 26.4 Å². The summed E-state index contributed by atoms with van der Waals surface area (Å²) in [6, 6.07) is 2.19. The number of nitrogens with one attached hydrogen (secondary N) is 1. The van der Waals surface area contributed by atoms with Crippen molar-refractivity contribution < 1.29 is 5.11 Å². The largest absolute Gasteiger partial charge is 0.390 e. The van der Waals surface area contributed by atoms with Crippen molar-refractivity contribution in [3.63, 3.8) is 0 Å². The highest BCUT2D eigenvalue weighted by Crippen LogP contribution is 1.97. The minimum absolute atomic E-state index is 0.0147. The smallest absolute Gasteiger partial charge is 0.0791 e. The average Bonchev–Trinajstić information content (AvgIpc) is 2.16. The van der Waals surface area contributed by atoms with E-state index in [0.29, 0.717) is 25.6 Å². The van der Waals surface area contributed by atoms with Crippen LogP contribution < -0.4 is 5.32 Å². The van der Waals surface area contributed by atoms with Gasteiger partial charge in [-0.25, -0.2) is 0 Å². The van der Waals surface area contributed by atoms with Crippen molar-refractivity contribution >= 4 is 0 Å². The predicted octanol–water partition coefficient (Wildman–Crippen LogP) is 0.684. The van der Waals surface area contributed by atoms with Gasteiger partial charge in [-0.2, -0.15) is 5.26 Å². The summed E-state index contributed by atoms with van der Waals surface area (Å²) >= 11 is 0. The normalized spacial score (nSPS) is 15.1. The fourth-order valence-corrected chi connectivity index (χ4v) is 1.55. The molecule has 0 heterocycles. The van der Waals surface area contributed by atoms with E-state index < -0.39 is 0 Å². The van der Waals surface area contributed by atoms with Gasteiger partial charge in [0.2, 0.25) is 0 Å². The molecule has 16 heavy (non-hydrogen) atoms. The van der Waals surface area contributed by atoms with Crippen LogP contribution in [0, 0.1) is 23.2 Å². The van der Waals surface area contributed by atoms with Gasteiger partial charge in [0.05, 0.1) is 18.1 Å². The van der Waals surface area contributed by atoms with Gasteiger partial charge < -0.3 is 15.3 Å². The maximum Gasteiger partial charge on any atom is 0.0791 e. The van der Waals surface area contributed by atoms with E-state index in [2.05, 4.69) is 25.2 Å². The van der Waals surface area contributed by atoms with E-state index in [9.17, 15) is 5.11 Å². The van der Waals surface area contributed by atoms with Crippen molar-refractivity contribution in [2.45, 2.75) is 26.9 Å². The number of likely N-dealkylation sites (N-methyl/N-ethyl adjacent to an activating group) is 1. The molecule has 0 rings (SSSR count). The van der Waals surface area contributed by atoms with Crippen molar-refractivity contribution in [1.82, 2.24) is 10.2 Å². The molecule has 2 unspecified atom stereocenters. The molecule has 4 nitrogen and oxygen atoms in total. The zero-order valence-electron chi connectivity index (χ0n) is 10.9. The van der Waals surface area contributed by atoms with E-state index in [0.717, 1.165) is 6.54 Å². The van der Waals surface area contributed by atoms with Crippen LogP contribution in [0.3, 0.4) is 0 Å². The lowest BCUT2D eigenvalue weighted by molar-refractivity contribution is 0.120. The molecule has 0 saturated heterocycles. The standard InChI is InChI=1S/C12H25N3O/c1-10(2)6-14-7-12(16)9-15(4)8-11(3)5-13/h10-12,14,16H,6-9H2,1-4H3. The molecular weight excluding hydrogens is 202 g/mol. The second-order valence-electron chi connectivity index (χ2n) is 4.96. The molecule has 0 aromatic rings. The van der Waals surface area contributed by atoms with Gasteiger partial charge in [0.15, 0.2) is 0 Å². The van der Waals surface area contributed by atoms with Gasteiger partial charge in [-0.15, -0.1) is 0 Å². The van der Waals surface area contributed by atoms with E-state index in [4.69, 9.17) is 5.26 Å². The number of nitrogens with zero attached hydrogens (tertiary/aromatic N) is 2. The van der Waals surface area contributed by atoms with Crippen molar-refractivity contribution in [2.75, 3.05) is 33.2 Å². The molecule has 0 aromatic carbocycles. The summed E-state index contributed by atoms with van der Waals surface area (Å²) in [7, 11) is 1.93. The summed E-state index contributed by atoms with van der Waals surface area (Å²) in [4.78, 5) is 2.00. The van der Waals surface area contributed by atoms with Gasteiger partial charge in [0, 0.05) is 19.6 Å². The van der Waals surface area contributed by atoms with E-state index in [1.165, 1.54) is 0 Å². The van der Waals surface area contributed by atoms with Crippen molar-refractivity contribution in [3.8, 4) is 6.07 Å². The molecule has 0 aliphatic heterocycles. The van der Waals surface area contributed by atoms with Crippen molar-refractivity contribution in [1.29, 1.82) is 5.26 Å². The van der Waals surface area contributed by atoms with Gasteiger partial charge in [0.1, 0.15) is 0 Å². The summed E-state index contributed by atoms with van der Waals surface area (Å²) in [5.41, 5.74) is 0. The number of aliphatic hydroxyl groups is 1. The van der Waals surface area contributed by atoms with Crippen LogP contribution in [0.1, 0.15) is 20.8 Å². The van der Waals surface area contributed by atoms with Crippen LogP contribution in [0.25, 0.3) is 0 Å². The highest BCUT2D eigenvalue weighted by Gasteiger charge is 2.10. The van der Waals surface area contributed by atoms with Crippen LogP contribution in [0.5, 0.6) is 0 Å². The van der Waals surface area contributed by atoms with Crippen LogP contribution in [-0.2, 0) is 0 Å². The second kappa shape index (κ2) is 8.51. The zero-order chi connectivity index (χ0) is 12.6. The molecule has 0 fully saturated rings. The molecule has 0 bridgehead atoms. The number of hydrogen-bond donors (Lipinski definition) is 2. The number of nitriles is 1. The number of hydrogen-bond acceptors (Lipinski definition) is 4. The summed E-state index contributed by atoms with van der Waals surface area (Å²) < 4.78 is 0. The zero-order valence-corrected chi connectivity index (χ0v) is 10.9. The Balaban J connectivity index is 3.62. The first-order valence-corrected chi connectivity index (χ1v) is 5.92. The third kappa shape index (κ3) is 8.66. The van der Waals surface area contributed by atoms with Crippen LogP contribution in [0.4, 0.5) is 0 Å². The third-order valence-electron chi connectivity index (χ3n) is 2.26. The lowest BCUT2D eigenvalue weighted by Gasteiger charge is -2.21. The molecule has 0 saturated carbocycles. The lowest BCUT2D eigenvalue weighted by atomic mass is 10.2. The number of aliphatic hydroxyl groups excluding tert-OH is 1. The average molecular weight is 227 g/mol. The highest BCUT2D eigenvalue weighted by atomic mass is 16.3. The molecule has 94 valence electrons. The highest BCUT2D eigenvalue weighted by molar-refractivity contribution is 4.81. The fraction of sp³-hybridized carbons (Fsp3) is 0.917. The first-order valence-electron chi connectivity index (χ1n) is 5.92. The Kier molecular flexibility index (Phi) is 8.18. The summed E-state index contributed by atoms with van der Waals surface area (Å²) in [6.45, 7) is 9.02. The molecule has 2 atom stereocenters. The third-order valence-corrected chi connectivity index (χ3v) is 2.26. The van der Waals surface area contributed by atoms with Gasteiger partial charge >= 0.3 is 0 Å². The Morgan fingerprint density at radius 3 is 2.38 bits per heavy atom. The Bertz CT molecular complexity index is 213. The molecule has 0 radical (unpaired) electrons. The van der Waals surface area contributed by atoms with Gasteiger partial charge in [-0.3, -0.25) is 0 Å². The minimum Gasteiger partial charge on any atom is -0.390 e. The van der Waals surface area contributed by atoms with Gasteiger partial charge in [0.25, 0.3) is 0 Å². The molecule has 0 spiro atoms. The molecule has 0 aliphatic rings. The van der Waals surface area contributed by atoms with Crippen LogP contribution >= 0.6 is 0 Å². The topological polar surface area (TPSA) is 59.3 Å². The molecule has 4 heteroatoms. The van der Waals surface area contributed by atoms with Crippen LogP contribution in [0.2, 0.25) is 0 Å². The fourth-order valence-electron chi connectivity index (χ4n) is 1.55. The van der Waals surface area contributed by atoms with E-state index in [-0.39, 0.29) is 12.0 Å². The summed E-state index contributed by atoms with van der Waals surface area (Å²) in [5.74, 6) is 0.615. The monoisotopic (exact) mass is 227 g/mol. The van der Waals surface area contributed by atoms with E-state index >= 15 is 0 Å². The Hall–Kier alpha value is -0.630. The van der Waals surface area contributed by atoms with Crippen molar-refractivity contribution in [2.24, 2.45) is 11.8 Å². The Morgan fingerprint density at radius 2 is 1.88 bits per heavy atom. The molecule has 2 N–H and O–H groups in total. The maximum absolute atomic E-state index is 9.73. The van der Waals surface area contributed by atoms with Crippen LogP contribution in [0.15, 0.2) is 0 Å². The minimum atomic E-state index is -0.366. The molecule has 0 aromatic heterocycles. The summed E-state index contributed by atoms with van der Waals surface area (Å²) in [6.07, 6.45) is -0.366. The van der Waals surface area contributed by atoms with E-state index in [1.807, 2.05) is 18.9 Å². The van der Waals surface area contributed by atoms with Crippen molar-refractivity contribution in [3.05, 3.63) is 0 Å². The van der Waals surface area contributed by atoms with Gasteiger partial charge in [-0.1, -0.05) is 13.8 Å². The molecular formula is C12H25N3O. The SMILES string of the molecule is CC(C)CNCC(O)CN(C)CC(C)C#N. The number of rotatable bonds is 8. The first kappa shape index (κ1) is 15.4.